The second-order valence-corrected chi connectivity index (χ2v) is 7.46. The number of benzene rings is 2. The molecule has 134 valence electrons. The van der Waals surface area contributed by atoms with Crippen LogP contribution >= 0.6 is 11.3 Å². The number of hydrogen-bond donors (Lipinski definition) is 1. The summed E-state index contributed by atoms with van der Waals surface area (Å²) in [6.07, 6.45) is 1.01. The van der Waals surface area contributed by atoms with Crippen molar-refractivity contribution in [2.45, 2.75) is 13.0 Å². The fourth-order valence-electron chi connectivity index (χ4n) is 3.40. The van der Waals surface area contributed by atoms with Crippen molar-refractivity contribution in [1.29, 1.82) is 0 Å². The van der Waals surface area contributed by atoms with Crippen molar-refractivity contribution in [3.8, 4) is 22.0 Å². The Hall–Kier alpha value is -3.05. The van der Waals surface area contributed by atoms with Crippen LogP contribution < -0.4 is 10.1 Å². The molecule has 0 saturated carbocycles. The van der Waals surface area contributed by atoms with E-state index >= 15 is 0 Å². The van der Waals surface area contributed by atoms with Crippen molar-refractivity contribution in [3.63, 3.8) is 0 Å². The van der Waals surface area contributed by atoms with Gasteiger partial charge in [-0.05, 0) is 47.7 Å². The van der Waals surface area contributed by atoms with Crippen LogP contribution in [0.15, 0.2) is 72.1 Å². The number of rotatable bonds is 5. The van der Waals surface area contributed by atoms with Gasteiger partial charge in [-0.2, -0.15) is 5.10 Å². The third-order valence-electron chi connectivity index (χ3n) is 4.74. The van der Waals surface area contributed by atoms with Crippen LogP contribution in [0.1, 0.15) is 11.1 Å². The van der Waals surface area contributed by atoms with E-state index in [4.69, 9.17) is 9.84 Å². The first-order valence-electron chi connectivity index (χ1n) is 9.05. The molecule has 3 heterocycles. The number of nitrogens with one attached hydrogen (secondary N) is 1. The summed E-state index contributed by atoms with van der Waals surface area (Å²) >= 11 is 1.73. The summed E-state index contributed by atoms with van der Waals surface area (Å²) in [5.74, 6) is 1.97. The lowest BCUT2D eigenvalue weighted by Crippen LogP contribution is -2.04. The van der Waals surface area contributed by atoms with Crippen LogP contribution in [0, 0.1) is 0 Å². The van der Waals surface area contributed by atoms with E-state index in [1.54, 1.807) is 11.3 Å². The molecule has 1 N–H and O–H groups in total. The van der Waals surface area contributed by atoms with Gasteiger partial charge in [-0.3, -0.25) is 0 Å². The van der Waals surface area contributed by atoms with E-state index in [9.17, 15) is 0 Å². The number of ether oxygens (including phenoxy) is 1. The average Bonchev–Trinajstić information content (AvgIpc) is 3.45. The van der Waals surface area contributed by atoms with Crippen molar-refractivity contribution in [2.24, 2.45) is 0 Å². The fraction of sp³-hybridized carbons (Fsp3) is 0.136. The summed E-state index contributed by atoms with van der Waals surface area (Å²) in [5, 5.41) is 10.5. The zero-order valence-corrected chi connectivity index (χ0v) is 15.6. The second kappa shape index (κ2) is 6.93. The van der Waals surface area contributed by atoms with Crippen LogP contribution in [0.3, 0.4) is 0 Å². The van der Waals surface area contributed by atoms with Crippen LogP contribution in [0.2, 0.25) is 0 Å². The number of fused-ring (bicyclic) bond motifs is 1. The Labute approximate surface area is 162 Å². The van der Waals surface area contributed by atoms with E-state index in [1.165, 1.54) is 10.4 Å². The van der Waals surface area contributed by atoms with Gasteiger partial charge in [0.15, 0.2) is 0 Å². The molecule has 0 amide bonds. The van der Waals surface area contributed by atoms with E-state index in [0.29, 0.717) is 6.61 Å². The molecular formula is C22H19N3OS. The minimum Gasteiger partial charge on any atom is -0.489 e. The predicted octanol–water partition coefficient (Wildman–Crippen LogP) is 5.15. The first-order chi connectivity index (χ1) is 13.4. The molecule has 4 nitrogen and oxygen atoms in total. The summed E-state index contributed by atoms with van der Waals surface area (Å²) in [6, 6.07) is 22.5. The molecule has 1 aliphatic rings. The lowest BCUT2D eigenvalue weighted by Gasteiger charge is -2.09. The Kier molecular flexibility index (Phi) is 4.14. The van der Waals surface area contributed by atoms with Crippen LogP contribution in [0.4, 0.5) is 5.82 Å². The molecule has 0 atom stereocenters. The molecule has 4 aromatic rings. The second-order valence-electron chi connectivity index (χ2n) is 6.51. The summed E-state index contributed by atoms with van der Waals surface area (Å²) in [6.45, 7) is 1.53. The van der Waals surface area contributed by atoms with Crippen molar-refractivity contribution in [3.05, 3.63) is 83.2 Å². The first kappa shape index (κ1) is 16.1. The number of aromatic nitrogens is 2. The van der Waals surface area contributed by atoms with E-state index in [1.807, 2.05) is 35.0 Å². The molecule has 0 spiro atoms. The third-order valence-corrected chi connectivity index (χ3v) is 5.61. The zero-order chi connectivity index (χ0) is 18.1. The van der Waals surface area contributed by atoms with Crippen molar-refractivity contribution >= 4 is 17.2 Å². The molecule has 0 bridgehead atoms. The lowest BCUT2D eigenvalue weighted by atomic mass is 10.2. The molecule has 27 heavy (non-hydrogen) atoms. The third kappa shape index (κ3) is 3.11. The number of thiophene rings is 1. The molecule has 1 aliphatic heterocycles. The monoisotopic (exact) mass is 373 g/mol. The van der Waals surface area contributed by atoms with Gasteiger partial charge in [0, 0.05) is 12.1 Å². The highest BCUT2D eigenvalue weighted by molar-refractivity contribution is 7.13. The maximum absolute atomic E-state index is 5.90. The highest BCUT2D eigenvalue weighted by Gasteiger charge is 2.24. The molecule has 2 aromatic carbocycles. The van der Waals surface area contributed by atoms with Gasteiger partial charge in [-0.1, -0.05) is 36.4 Å². The van der Waals surface area contributed by atoms with Crippen LogP contribution in [0.25, 0.3) is 16.3 Å². The summed E-state index contributed by atoms with van der Waals surface area (Å²) in [7, 11) is 0. The van der Waals surface area contributed by atoms with Crippen LogP contribution in [0.5, 0.6) is 5.75 Å². The van der Waals surface area contributed by atoms with Crippen molar-refractivity contribution in [1.82, 2.24) is 9.78 Å². The van der Waals surface area contributed by atoms with Gasteiger partial charge in [-0.15, -0.1) is 11.3 Å². The van der Waals surface area contributed by atoms with E-state index in [0.717, 1.165) is 41.5 Å². The molecule has 0 fully saturated rings. The summed E-state index contributed by atoms with van der Waals surface area (Å²) in [4.78, 5) is 1.22. The van der Waals surface area contributed by atoms with Crippen LogP contribution in [-0.4, -0.2) is 16.3 Å². The number of anilines is 1. The van der Waals surface area contributed by atoms with Gasteiger partial charge in [0.05, 0.1) is 10.6 Å². The maximum Gasteiger partial charge on any atom is 0.133 e. The van der Waals surface area contributed by atoms with Gasteiger partial charge < -0.3 is 10.1 Å². The van der Waals surface area contributed by atoms with Crippen molar-refractivity contribution < 1.29 is 4.74 Å². The lowest BCUT2D eigenvalue weighted by molar-refractivity contribution is 0.306. The molecule has 0 radical (unpaired) electrons. The topological polar surface area (TPSA) is 39.1 Å². The fourth-order valence-corrected chi connectivity index (χ4v) is 4.13. The van der Waals surface area contributed by atoms with Gasteiger partial charge in [0.2, 0.25) is 0 Å². The Morgan fingerprint density at radius 2 is 1.85 bits per heavy atom. The minimum atomic E-state index is 0.571. The highest BCUT2D eigenvalue weighted by atomic mass is 32.1. The number of nitrogens with zero attached hydrogens (tertiary/aromatic N) is 2. The highest BCUT2D eigenvalue weighted by Crippen LogP contribution is 2.36. The summed E-state index contributed by atoms with van der Waals surface area (Å²) < 4.78 is 7.91. The molecule has 5 rings (SSSR count). The minimum absolute atomic E-state index is 0.571. The molecule has 0 aliphatic carbocycles. The molecular weight excluding hydrogens is 354 g/mol. The van der Waals surface area contributed by atoms with E-state index < -0.39 is 0 Å². The Balaban J connectivity index is 1.40. The van der Waals surface area contributed by atoms with Gasteiger partial charge in [-0.25, -0.2) is 4.68 Å². The predicted molar refractivity (Wildman–Crippen MR) is 110 cm³/mol. The molecule has 0 unspecified atom stereocenters. The van der Waals surface area contributed by atoms with Gasteiger partial charge in [0.25, 0.3) is 0 Å². The first-order valence-corrected chi connectivity index (χ1v) is 9.93. The standard InChI is InChI=1S/C22H19N3OS/c1-2-5-16(6-3-1)15-26-18-10-8-17(9-11-18)25-22-19(12-13-23-22)21(24-25)20-7-4-14-27-20/h1-11,14,23H,12-13,15H2. The quantitative estimate of drug-likeness (QED) is 0.526. The Morgan fingerprint density at radius 3 is 2.63 bits per heavy atom. The van der Waals surface area contributed by atoms with Crippen molar-refractivity contribution in [2.75, 3.05) is 11.9 Å². The Morgan fingerprint density at radius 1 is 1.00 bits per heavy atom. The smallest absolute Gasteiger partial charge is 0.133 e. The van der Waals surface area contributed by atoms with Crippen LogP contribution in [-0.2, 0) is 13.0 Å². The molecule has 5 heteroatoms. The van der Waals surface area contributed by atoms with E-state index in [-0.39, 0.29) is 0 Å². The number of hydrogen-bond acceptors (Lipinski definition) is 4. The van der Waals surface area contributed by atoms with E-state index in [2.05, 4.69) is 47.1 Å². The molecule has 2 aromatic heterocycles. The Bertz CT molecular complexity index is 1040. The van der Waals surface area contributed by atoms with Gasteiger partial charge >= 0.3 is 0 Å². The summed E-state index contributed by atoms with van der Waals surface area (Å²) in [5.41, 5.74) is 4.60. The average molecular weight is 373 g/mol. The molecule has 0 saturated heterocycles. The largest absolute Gasteiger partial charge is 0.489 e. The maximum atomic E-state index is 5.90. The van der Waals surface area contributed by atoms with Gasteiger partial charge in [0.1, 0.15) is 23.9 Å². The normalized spacial score (nSPS) is 12.6. The zero-order valence-electron chi connectivity index (χ0n) is 14.8. The SMILES string of the molecule is c1ccc(COc2ccc(-n3nc(-c4cccs4)c4c3NCC4)cc2)cc1.